The molecule has 6 heteroatoms. The van der Waals surface area contributed by atoms with Gasteiger partial charge in [-0.25, -0.2) is 0 Å². The van der Waals surface area contributed by atoms with Gasteiger partial charge in [0.2, 0.25) is 0 Å². The lowest BCUT2D eigenvalue weighted by Crippen LogP contribution is -1.52. The molecule has 40 valence electrons. The quantitative estimate of drug-likeness (QED) is 0.244. The van der Waals surface area contributed by atoms with Gasteiger partial charge in [0.05, 0.1) is 11.5 Å². The fourth-order valence-electron chi connectivity index (χ4n) is 0.0702. The van der Waals surface area contributed by atoms with Gasteiger partial charge in [-0.15, -0.1) is 0 Å². The minimum Gasteiger partial charge on any atom is -0.000254 e. The van der Waals surface area contributed by atoms with Crippen molar-refractivity contribution >= 4 is 28.6 Å². The third-order valence-corrected chi connectivity index (χ3v) is 0.997. The molecule has 0 aromatic heterocycles. The van der Waals surface area contributed by atoms with Crippen LogP contribution >= 0.6 is 28.6 Å². The molecule has 0 fully saturated rings. The van der Waals surface area contributed by atoms with Crippen molar-refractivity contribution < 1.29 is 0 Å². The summed E-state index contributed by atoms with van der Waals surface area (Å²) in [5.41, 5.74) is 7.72. The number of rotatable bonds is 1. The average Bonchev–Trinajstić information content (AvgIpc) is 1.30. The van der Waals surface area contributed by atoms with Crippen molar-refractivity contribution in [3.63, 3.8) is 0 Å². The van der Waals surface area contributed by atoms with Gasteiger partial charge in [0.1, 0.15) is 22.5 Å². The first-order valence-corrected chi connectivity index (χ1v) is 5.38. The maximum Gasteiger partial charge on any atom is 0.318 e. The molecule has 0 atom stereocenters. The molecule has 0 aromatic carbocycles. The average molecular weight is 159 g/mol. The molecule has 0 spiro atoms. The summed E-state index contributed by atoms with van der Waals surface area (Å²) in [6, 6.07) is 0. The van der Waals surface area contributed by atoms with E-state index in [1.807, 2.05) is 0 Å². The van der Waals surface area contributed by atoms with Gasteiger partial charge >= 0.3 is 6.12 Å². The summed E-state index contributed by atoms with van der Waals surface area (Å²) in [5, 5.41) is 0. The Hall–Kier alpha value is 0.320. The van der Waals surface area contributed by atoms with Gasteiger partial charge in [-0.1, -0.05) is 0 Å². The molecule has 0 radical (unpaired) electrons. The number of azide groups is 1. The molecule has 0 amide bonds. The molecule has 3 nitrogen and oxygen atoms in total. The van der Waals surface area contributed by atoms with E-state index in [2.05, 4.69) is 9.80 Å². The molecule has 0 rings (SSSR count). The Morgan fingerprint density at radius 2 is 2.14 bits per heavy atom. The summed E-state index contributed by atoms with van der Waals surface area (Å²) in [5.74, 6) is 0. The van der Waals surface area contributed by atoms with Crippen molar-refractivity contribution in [3.8, 4) is 0 Å². The molecular weight excluding hydrogens is 156 g/mol. The summed E-state index contributed by atoms with van der Waals surface area (Å²) >= 11 is 10.6. The van der Waals surface area contributed by atoms with Crippen LogP contribution < -0.4 is 0 Å². The molecule has 0 bridgehead atoms. The van der Waals surface area contributed by atoms with E-state index in [9.17, 15) is 0 Å². The van der Waals surface area contributed by atoms with E-state index in [4.69, 9.17) is 28.0 Å². The topological polar surface area (TPSA) is 48.8 Å². The van der Waals surface area contributed by atoms with Crippen LogP contribution in [0.1, 0.15) is 0 Å². The monoisotopic (exact) mass is 158 g/mol. The molecule has 0 aliphatic rings. The lowest BCUT2D eigenvalue weighted by atomic mass is 12.0. The SMILES string of the molecule is C[P+](Cl)(Cl)N=[N+]=[N-]. The standard InChI is InChI=1S/CH3Cl2N3P/c1-7(2,3)6-5-4/h1H3/q+1. The van der Waals surface area contributed by atoms with Crippen LogP contribution in [0.2, 0.25) is 0 Å². The summed E-state index contributed by atoms with van der Waals surface area (Å²) in [6.07, 6.45) is -2.26. The zero-order chi connectivity index (χ0) is 5.91. The third kappa shape index (κ3) is 6.32. The van der Waals surface area contributed by atoms with Crippen LogP contribution in [0.15, 0.2) is 4.88 Å². The van der Waals surface area contributed by atoms with Crippen molar-refractivity contribution in [2.45, 2.75) is 0 Å². The molecule has 0 heterocycles. The summed E-state index contributed by atoms with van der Waals surface area (Å²) in [4.78, 5) is 5.50. The molecule has 0 aliphatic heterocycles. The van der Waals surface area contributed by atoms with Crippen LogP contribution in [0.5, 0.6) is 0 Å². The minimum absolute atomic E-state index is 1.50. The Morgan fingerprint density at radius 1 is 1.71 bits per heavy atom. The molecule has 7 heavy (non-hydrogen) atoms. The van der Waals surface area contributed by atoms with E-state index < -0.39 is 6.12 Å². The van der Waals surface area contributed by atoms with Gasteiger partial charge in [0.25, 0.3) is 0 Å². The second-order valence-corrected chi connectivity index (χ2v) is 7.09. The predicted molar refractivity (Wildman–Crippen MR) is 33.7 cm³/mol. The van der Waals surface area contributed by atoms with Crippen LogP contribution in [0, 0.1) is 0 Å². The summed E-state index contributed by atoms with van der Waals surface area (Å²) in [6.45, 7) is 1.50. The first-order valence-electron chi connectivity index (χ1n) is 1.39. The van der Waals surface area contributed by atoms with E-state index in [0.717, 1.165) is 0 Å². The van der Waals surface area contributed by atoms with Crippen molar-refractivity contribution in [2.75, 3.05) is 6.66 Å². The highest BCUT2D eigenvalue weighted by Crippen LogP contribution is 2.67. The predicted octanol–water partition coefficient (Wildman–Crippen LogP) is 3.17. The smallest absolute Gasteiger partial charge is 0.000254 e. The van der Waals surface area contributed by atoms with Crippen LogP contribution in [0.4, 0.5) is 0 Å². The van der Waals surface area contributed by atoms with Gasteiger partial charge in [0.15, 0.2) is 0 Å². The van der Waals surface area contributed by atoms with Crippen LogP contribution in [-0.2, 0) is 0 Å². The Bertz CT molecular complexity index is 100.0. The highest BCUT2D eigenvalue weighted by Gasteiger charge is 2.25. The lowest BCUT2D eigenvalue weighted by molar-refractivity contribution is 1.77. The molecule has 0 aliphatic carbocycles. The van der Waals surface area contributed by atoms with Crippen molar-refractivity contribution in [1.82, 2.24) is 0 Å². The van der Waals surface area contributed by atoms with E-state index in [1.54, 1.807) is 0 Å². The molecule has 0 unspecified atom stereocenters. The second kappa shape index (κ2) is 2.58. The Morgan fingerprint density at radius 3 is 2.14 bits per heavy atom. The van der Waals surface area contributed by atoms with Crippen molar-refractivity contribution in [1.29, 1.82) is 0 Å². The summed E-state index contributed by atoms with van der Waals surface area (Å²) in [7, 11) is 0. The van der Waals surface area contributed by atoms with Crippen LogP contribution in [0.3, 0.4) is 0 Å². The molecular formula is CH3Cl2N3P+. The van der Waals surface area contributed by atoms with Crippen LogP contribution in [-0.4, -0.2) is 6.66 Å². The number of nitrogens with zero attached hydrogens (tertiary/aromatic N) is 3. The number of hydrogen-bond acceptors (Lipinski definition) is 1. The Labute approximate surface area is 51.2 Å². The number of halogens is 2. The zero-order valence-corrected chi connectivity index (χ0v) is 5.95. The van der Waals surface area contributed by atoms with Gasteiger partial charge in [-0.05, 0) is 5.53 Å². The first-order chi connectivity index (χ1) is 3.06. The maximum atomic E-state index is 7.72. The van der Waals surface area contributed by atoms with Gasteiger partial charge in [-0.3, -0.25) is 0 Å². The fourth-order valence-corrected chi connectivity index (χ4v) is 0.392. The highest BCUT2D eigenvalue weighted by atomic mass is 35.9. The molecule has 0 saturated carbocycles. The van der Waals surface area contributed by atoms with Gasteiger partial charge < -0.3 is 0 Å². The zero-order valence-electron chi connectivity index (χ0n) is 3.54. The number of hydrogen-bond donors (Lipinski definition) is 0. The van der Waals surface area contributed by atoms with Crippen LogP contribution in [0.25, 0.3) is 10.4 Å². The Balaban J connectivity index is 3.80. The minimum atomic E-state index is -2.26. The first kappa shape index (κ1) is 7.32. The highest BCUT2D eigenvalue weighted by molar-refractivity contribution is 8.15. The molecule has 0 N–H and O–H groups in total. The van der Waals surface area contributed by atoms with E-state index in [0.29, 0.717) is 0 Å². The molecule has 0 saturated heterocycles. The lowest BCUT2D eigenvalue weighted by Gasteiger charge is -1.84. The van der Waals surface area contributed by atoms with Crippen molar-refractivity contribution in [2.24, 2.45) is 4.88 Å². The van der Waals surface area contributed by atoms with Crippen molar-refractivity contribution in [3.05, 3.63) is 10.4 Å². The fraction of sp³-hybridized carbons (Fsp3) is 1.00. The molecule has 0 aromatic rings. The summed E-state index contributed by atoms with van der Waals surface area (Å²) < 4.78 is 0. The normalized spacial score (nSPS) is 10.1. The van der Waals surface area contributed by atoms with E-state index >= 15 is 0 Å². The van der Waals surface area contributed by atoms with E-state index in [-0.39, 0.29) is 0 Å². The maximum absolute atomic E-state index is 7.72. The Kier molecular flexibility index (Phi) is 2.70. The van der Waals surface area contributed by atoms with Gasteiger partial charge in [-0.2, -0.15) is 0 Å². The largest absolute Gasteiger partial charge is 0.318 e. The third-order valence-electron chi connectivity index (χ3n) is 0.197. The van der Waals surface area contributed by atoms with E-state index in [1.165, 1.54) is 6.66 Å². The second-order valence-electron chi connectivity index (χ2n) is 0.932. The van der Waals surface area contributed by atoms with Gasteiger partial charge in [0, 0.05) is 4.91 Å².